The number of hydrogen-bond acceptors (Lipinski definition) is 2. The van der Waals surface area contributed by atoms with Crippen LogP contribution in [-0.4, -0.2) is 25.3 Å². The van der Waals surface area contributed by atoms with E-state index in [4.69, 9.17) is 0 Å². The minimum absolute atomic E-state index is 0.314. The van der Waals surface area contributed by atoms with E-state index in [9.17, 15) is 9.18 Å². The summed E-state index contributed by atoms with van der Waals surface area (Å²) in [6.45, 7) is 0. The van der Waals surface area contributed by atoms with Gasteiger partial charge in [-0.1, -0.05) is 12.1 Å². The molecule has 1 rings (SSSR count). The van der Waals surface area contributed by atoms with Crippen LogP contribution in [-0.2, 0) is 4.79 Å². The summed E-state index contributed by atoms with van der Waals surface area (Å²) in [5.41, 5.74) is 0.681. The van der Waals surface area contributed by atoms with Crippen LogP contribution in [0, 0.1) is 5.82 Å². The Labute approximate surface area is 77.0 Å². The third kappa shape index (κ3) is 2.36. The summed E-state index contributed by atoms with van der Waals surface area (Å²) in [6.07, 6.45) is 0.800. The summed E-state index contributed by atoms with van der Waals surface area (Å²) >= 11 is 0. The number of aldehydes is 1. The molecular formula is C10H12FNO. The minimum Gasteiger partial charge on any atom is -0.301 e. The van der Waals surface area contributed by atoms with Gasteiger partial charge in [-0.25, -0.2) is 4.39 Å². The largest absolute Gasteiger partial charge is 0.301 e. The molecule has 1 aromatic rings. The first-order chi connectivity index (χ1) is 6.15. The third-order valence-electron chi connectivity index (χ3n) is 1.88. The van der Waals surface area contributed by atoms with Crippen LogP contribution < -0.4 is 0 Å². The quantitative estimate of drug-likeness (QED) is 0.660. The van der Waals surface area contributed by atoms with Gasteiger partial charge in [0.25, 0.3) is 0 Å². The molecule has 0 aromatic heterocycles. The van der Waals surface area contributed by atoms with Crippen LogP contribution >= 0.6 is 0 Å². The molecule has 13 heavy (non-hydrogen) atoms. The van der Waals surface area contributed by atoms with Gasteiger partial charge < -0.3 is 4.79 Å². The van der Waals surface area contributed by atoms with E-state index in [0.29, 0.717) is 5.56 Å². The minimum atomic E-state index is -0.365. The highest BCUT2D eigenvalue weighted by Gasteiger charge is 2.12. The third-order valence-corrected chi connectivity index (χ3v) is 1.88. The zero-order valence-corrected chi connectivity index (χ0v) is 7.70. The fourth-order valence-corrected chi connectivity index (χ4v) is 1.19. The number of carbonyl (C=O) groups excluding carboxylic acids is 1. The highest BCUT2D eigenvalue weighted by molar-refractivity contribution is 5.61. The highest BCUT2D eigenvalue weighted by Crippen LogP contribution is 2.16. The molecule has 0 aliphatic carbocycles. The molecule has 0 N–H and O–H groups in total. The lowest BCUT2D eigenvalue weighted by atomic mass is 10.1. The molecule has 0 bridgehead atoms. The first-order valence-corrected chi connectivity index (χ1v) is 4.02. The van der Waals surface area contributed by atoms with Crippen molar-refractivity contribution < 1.29 is 9.18 Å². The lowest BCUT2D eigenvalue weighted by Crippen LogP contribution is -2.21. The van der Waals surface area contributed by atoms with Crippen molar-refractivity contribution in [2.75, 3.05) is 14.1 Å². The second-order valence-electron chi connectivity index (χ2n) is 3.10. The fourth-order valence-electron chi connectivity index (χ4n) is 1.19. The molecule has 0 saturated heterocycles. The molecule has 0 aliphatic heterocycles. The summed E-state index contributed by atoms with van der Waals surface area (Å²) < 4.78 is 12.8. The number of carbonyl (C=O) groups is 1. The topological polar surface area (TPSA) is 20.3 Å². The van der Waals surface area contributed by atoms with Crippen molar-refractivity contribution in [2.45, 2.75) is 6.04 Å². The Bertz CT molecular complexity index is 299. The monoisotopic (exact) mass is 181 g/mol. The number of benzene rings is 1. The normalized spacial score (nSPS) is 12.9. The maximum Gasteiger partial charge on any atom is 0.141 e. The van der Waals surface area contributed by atoms with Crippen LogP contribution in [0.3, 0.4) is 0 Å². The molecule has 0 radical (unpaired) electrons. The van der Waals surface area contributed by atoms with Crippen molar-refractivity contribution in [1.82, 2.24) is 4.90 Å². The summed E-state index contributed by atoms with van der Waals surface area (Å²) in [4.78, 5) is 12.4. The molecular weight excluding hydrogens is 169 g/mol. The molecule has 1 atom stereocenters. The highest BCUT2D eigenvalue weighted by atomic mass is 19.1. The first-order valence-electron chi connectivity index (χ1n) is 4.02. The SMILES string of the molecule is CN(C)C(C=O)c1cccc(F)c1. The van der Waals surface area contributed by atoms with Gasteiger partial charge in [-0.3, -0.25) is 4.90 Å². The predicted octanol–water partition coefficient (Wildman–Crippen LogP) is 1.63. The Morgan fingerprint density at radius 3 is 2.62 bits per heavy atom. The maximum absolute atomic E-state index is 12.8. The Morgan fingerprint density at radius 2 is 2.15 bits per heavy atom. The van der Waals surface area contributed by atoms with Gasteiger partial charge in [-0.2, -0.15) is 0 Å². The summed E-state index contributed by atoms with van der Waals surface area (Å²) in [6, 6.07) is 5.71. The zero-order valence-electron chi connectivity index (χ0n) is 7.70. The molecule has 0 fully saturated rings. The smallest absolute Gasteiger partial charge is 0.141 e. The molecule has 1 aromatic carbocycles. The van der Waals surface area contributed by atoms with Gasteiger partial charge in [-0.15, -0.1) is 0 Å². The van der Waals surface area contributed by atoms with E-state index >= 15 is 0 Å². The molecule has 0 spiro atoms. The van der Waals surface area contributed by atoms with Gasteiger partial charge in [0, 0.05) is 0 Å². The molecule has 2 nitrogen and oxygen atoms in total. The molecule has 1 unspecified atom stereocenters. The number of nitrogens with zero attached hydrogens (tertiary/aromatic N) is 1. The molecule has 0 amide bonds. The number of halogens is 1. The fraction of sp³-hybridized carbons (Fsp3) is 0.300. The van der Waals surface area contributed by atoms with Crippen molar-refractivity contribution in [3.8, 4) is 0 Å². The summed E-state index contributed by atoms with van der Waals surface area (Å²) in [5, 5.41) is 0. The number of hydrogen-bond donors (Lipinski definition) is 0. The van der Waals surface area contributed by atoms with E-state index in [2.05, 4.69) is 0 Å². The van der Waals surface area contributed by atoms with Crippen LogP contribution in [0.2, 0.25) is 0 Å². The predicted molar refractivity (Wildman–Crippen MR) is 48.9 cm³/mol. The maximum atomic E-state index is 12.8. The second kappa shape index (κ2) is 4.14. The Kier molecular flexibility index (Phi) is 3.14. The molecule has 0 heterocycles. The molecule has 0 saturated carbocycles. The number of rotatable bonds is 3. The lowest BCUT2D eigenvalue weighted by molar-refractivity contribution is -0.111. The van der Waals surface area contributed by atoms with E-state index < -0.39 is 0 Å². The standard InChI is InChI=1S/C10H12FNO/c1-12(2)10(7-13)8-4-3-5-9(11)6-8/h3-7,10H,1-2H3. The Morgan fingerprint density at radius 1 is 1.46 bits per heavy atom. The average molecular weight is 181 g/mol. The van der Waals surface area contributed by atoms with Gasteiger partial charge in [0.1, 0.15) is 12.1 Å². The van der Waals surface area contributed by atoms with Crippen LogP contribution in [0.1, 0.15) is 11.6 Å². The average Bonchev–Trinajstić information content (AvgIpc) is 2.04. The molecule has 0 aliphatic rings. The van der Waals surface area contributed by atoms with Crippen LogP contribution in [0.5, 0.6) is 0 Å². The van der Waals surface area contributed by atoms with E-state index in [1.807, 2.05) is 0 Å². The van der Waals surface area contributed by atoms with Crippen molar-refractivity contribution in [3.05, 3.63) is 35.6 Å². The van der Waals surface area contributed by atoms with Crippen molar-refractivity contribution in [1.29, 1.82) is 0 Å². The first kappa shape index (κ1) is 9.86. The van der Waals surface area contributed by atoms with E-state index in [-0.39, 0.29) is 11.9 Å². The van der Waals surface area contributed by atoms with Crippen LogP contribution in [0.4, 0.5) is 4.39 Å². The Balaban J connectivity index is 2.98. The van der Waals surface area contributed by atoms with Crippen molar-refractivity contribution >= 4 is 6.29 Å². The van der Waals surface area contributed by atoms with Crippen molar-refractivity contribution in [3.63, 3.8) is 0 Å². The zero-order chi connectivity index (χ0) is 9.84. The van der Waals surface area contributed by atoms with Gasteiger partial charge in [-0.05, 0) is 31.8 Å². The number of likely N-dealkylation sites (N-methyl/N-ethyl adjacent to an activating group) is 1. The van der Waals surface area contributed by atoms with Gasteiger partial charge >= 0.3 is 0 Å². The second-order valence-corrected chi connectivity index (χ2v) is 3.10. The molecule has 3 heteroatoms. The van der Waals surface area contributed by atoms with Crippen molar-refractivity contribution in [2.24, 2.45) is 0 Å². The van der Waals surface area contributed by atoms with Gasteiger partial charge in [0.15, 0.2) is 0 Å². The van der Waals surface area contributed by atoms with Gasteiger partial charge in [0.05, 0.1) is 6.04 Å². The summed E-state index contributed by atoms with van der Waals surface area (Å²) in [7, 11) is 3.56. The molecule has 70 valence electrons. The summed E-state index contributed by atoms with van der Waals surface area (Å²) in [5.74, 6) is -0.314. The van der Waals surface area contributed by atoms with E-state index in [1.165, 1.54) is 12.1 Å². The van der Waals surface area contributed by atoms with Gasteiger partial charge in [0.2, 0.25) is 0 Å². The lowest BCUT2D eigenvalue weighted by Gasteiger charge is -2.18. The van der Waals surface area contributed by atoms with Crippen LogP contribution in [0.25, 0.3) is 0 Å². The van der Waals surface area contributed by atoms with E-state index in [0.717, 1.165) is 6.29 Å². The van der Waals surface area contributed by atoms with E-state index in [1.54, 1.807) is 31.1 Å². The van der Waals surface area contributed by atoms with Crippen LogP contribution in [0.15, 0.2) is 24.3 Å². The Hall–Kier alpha value is -1.22.